The second-order valence-corrected chi connectivity index (χ2v) is 8.06. The molecule has 0 spiro atoms. The van der Waals surface area contributed by atoms with Crippen LogP contribution in [0.3, 0.4) is 0 Å². The van der Waals surface area contributed by atoms with Crippen molar-refractivity contribution < 1.29 is 19.1 Å². The standard InChI is InChI=1S/C27H36O4/c1-4-5-6-7-8-9-10-11-20-30-27(29)26-18-16-25(17-19-26)24-14-12-23(13-15-24)21(2)31-22(3)28/h12-19,21H,4-11,20H2,1-3H3. The molecule has 1 unspecified atom stereocenters. The minimum Gasteiger partial charge on any atom is -0.462 e. The summed E-state index contributed by atoms with van der Waals surface area (Å²) in [4.78, 5) is 23.3. The number of ether oxygens (including phenoxy) is 2. The highest BCUT2D eigenvalue weighted by Crippen LogP contribution is 2.24. The van der Waals surface area contributed by atoms with E-state index < -0.39 is 0 Å². The Kier molecular flexibility index (Phi) is 10.8. The average Bonchev–Trinajstić information content (AvgIpc) is 2.77. The Balaban J connectivity index is 1.75. The Morgan fingerprint density at radius 2 is 1.29 bits per heavy atom. The number of unbranched alkanes of at least 4 members (excludes halogenated alkanes) is 7. The first-order chi connectivity index (χ1) is 15.0. The summed E-state index contributed by atoms with van der Waals surface area (Å²) in [6, 6.07) is 15.4. The molecule has 0 heterocycles. The molecule has 0 amide bonds. The third-order valence-electron chi connectivity index (χ3n) is 5.41. The van der Waals surface area contributed by atoms with Crippen LogP contribution in [-0.2, 0) is 14.3 Å². The second kappa shape index (κ2) is 13.6. The van der Waals surface area contributed by atoms with E-state index in [4.69, 9.17) is 9.47 Å². The predicted molar refractivity (Wildman–Crippen MR) is 125 cm³/mol. The molecule has 0 aliphatic heterocycles. The van der Waals surface area contributed by atoms with Gasteiger partial charge in [0.2, 0.25) is 0 Å². The van der Waals surface area contributed by atoms with Crippen molar-refractivity contribution in [1.29, 1.82) is 0 Å². The van der Waals surface area contributed by atoms with E-state index in [1.807, 2.05) is 43.3 Å². The predicted octanol–water partition coefficient (Wildman–Crippen LogP) is 7.28. The normalized spacial score (nSPS) is 11.7. The fraction of sp³-hybridized carbons (Fsp3) is 0.481. The molecule has 2 rings (SSSR count). The van der Waals surface area contributed by atoms with E-state index >= 15 is 0 Å². The minimum absolute atomic E-state index is 0.264. The maximum atomic E-state index is 12.2. The third-order valence-corrected chi connectivity index (χ3v) is 5.41. The highest BCUT2D eigenvalue weighted by molar-refractivity contribution is 5.90. The van der Waals surface area contributed by atoms with Gasteiger partial charge in [-0.3, -0.25) is 4.79 Å². The van der Waals surface area contributed by atoms with Gasteiger partial charge in [-0.05, 0) is 42.2 Å². The van der Waals surface area contributed by atoms with Crippen molar-refractivity contribution in [3.63, 3.8) is 0 Å². The lowest BCUT2D eigenvalue weighted by atomic mass is 10.0. The van der Waals surface area contributed by atoms with Crippen LogP contribution in [0.25, 0.3) is 11.1 Å². The minimum atomic E-state index is -0.290. The van der Waals surface area contributed by atoms with E-state index in [0.717, 1.165) is 29.5 Å². The number of esters is 2. The van der Waals surface area contributed by atoms with Gasteiger partial charge in [0.05, 0.1) is 12.2 Å². The van der Waals surface area contributed by atoms with Crippen molar-refractivity contribution in [1.82, 2.24) is 0 Å². The van der Waals surface area contributed by atoms with Crippen LogP contribution in [0, 0.1) is 0 Å². The zero-order chi connectivity index (χ0) is 22.5. The molecule has 0 saturated carbocycles. The van der Waals surface area contributed by atoms with E-state index in [0.29, 0.717) is 12.2 Å². The first-order valence-electron chi connectivity index (χ1n) is 11.6. The number of benzene rings is 2. The summed E-state index contributed by atoms with van der Waals surface area (Å²) in [6.45, 7) is 5.98. The molecule has 4 nitrogen and oxygen atoms in total. The zero-order valence-electron chi connectivity index (χ0n) is 19.2. The lowest BCUT2D eigenvalue weighted by Gasteiger charge is -2.12. The van der Waals surface area contributed by atoms with Crippen molar-refractivity contribution >= 4 is 11.9 Å². The van der Waals surface area contributed by atoms with Crippen LogP contribution in [0.5, 0.6) is 0 Å². The second-order valence-electron chi connectivity index (χ2n) is 8.06. The highest BCUT2D eigenvalue weighted by Gasteiger charge is 2.10. The first kappa shape index (κ1) is 24.6. The molecule has 168 valence electrons. The number of hydrogen-bond donors (Lipinski definition) is 0. The summed E-state index contributed by atoms with van der Waals surface area (Å²) in [6.07, 6.45) is 9.52. The third kappa shape index (κ3) is 8.95. The number of rotatable bonds is 13. The smallest absolute Gasteiger partial charge is 0.338 e. The van der Waals surface area contributed by atoms with E-state index in [2.05, 4.69) is 6.92 Å². The van der Waals surface area contributed by atoms with Gasteiger partial charge >= 0.3 is 11.9 Å². The van der Waals surface area contributed by atoms with Crippen LogP contribution in [0.2, 0.25) is 0 Å². The quantitative estimate of drug-likeness (QED) is 0.250. The summed E-state index contributed by atoms with van der Waals surface area (Å²) in [5, 5.41) is 0. The summed E-state index contributed by atoms with van der Waals surface area (Å²) < 4.78 is 10.6. The van der Waals surface area contributed by atoms with E-state index in [1.165, 1.54) is 45.4 Å². The summed E-state index contributed by atoms with van der Waals surface area (Å²) >= 11 is 0. The maximum absolute atomic E-state index is 12.2. The van der Waals surface area contributed by atoms with Gasteiger partial charge in [0.25, 0.3) is 0 Å². The van der Waals surface area contributed by atoms with Crippen LogP contribution in [0.1, 0.15) is 94.2 Å². The van der Waals surface area contributed by atoms with Gasteiger partial charge in [0.15, 0.2) is 0 Å². The van der Waals surface area contributed by atoms with Crippen LogP contribution >= 0.6 is 0 Å². The molecule has 0 fully saturated rings. The molecular formula is C27H36O4. The first-order valence-corrected chi connectivity index (χ1v) is 11.6. The van der Waals surface area contributed by atoms with Gasteiger partial charge in [-0.15, -0.1) is 0 Å². The van der Waals surface area contributed by atoms with Gasteiger partial charge in [-0.2, -0.15) is 0 Å². The van der Waals surface area contributed by atoms with Crippen LogP contribution < -0.4 is 0 Å². The highest BCUT2D eigenvalue weighted by atomic mass is 16.5. The fourth-order valence-corrected chi connectivity index (χ4v) is 3.55. The summed E-state index contributed by atoms with van der Waals surface area (Å²) in [5.74, 6) is -0.554. The van der Waals surface area contributed by atoms with E-state index in [1.54, 1.807) is 12.1 Å². The largest absolute Gasteiger partial charge is 0.462 e. The monoisotopic (exact) mass is 424 g/mol. The lowest BCUT2D eigenvalue weighted by molar-refractivity contribution is -0.145. The van der Waals surface area contributed by atoms with E-state index in [-0.39, 0.29) is 18.0 Å². The molecule has 4 heteroatoms. The van der Waals surface area contributed by atoms with Crippen LogP contribution in [0.15, 0.2) is 48.5 Å². The molecular weight excluding hydrogens is 388 g/mol. The summed E-state index contributed by atoms with van der Waals surface area (Å²) in [5.41, 5.74) is 3.58. The molecule has 31 heavy (non-hydrogen) atoms. The van der Waals surface area contributed by atoms with Gasteiger partial charge in [0.1, 0.15) is 6.10 Å². The number of carbonyl (C=O) groups is 2. The zero-order valence-corrected chi connectivity index (χ0v) is 19.2. The Morgan fingerprint density at radius 1 is 0.774 bits per heavy atom. The van der Waals surface area contributed by atoms with Crippen molar-refractivity contribution in [2.75, 3.05) is 6.61 Å². The molecule has 0 bridgehead atoms. The number of hydrogen-bond acceptors (Lipinski definition) is 4. The fourth-order valence-electron chi connectivity index (χ4n) is 3.55. The number of carbonyl (C=O) groups excluding carboxylic acids is 2. The molecule has 0 aromatic heterocycles. The van der Waals surface area contributed by atoms with Crippen molar-refractivity contribution in [2.24, 2.45) is 0 Å². The van der Waals surface area contributed by atoms with Gasteiger partial charge < -0.3 is 9.47 Å². The SMILES string of the molecule is CCCCCCCCCCOC(=O)c1ccc(-c2ccc(C(C)OC(C)=O)cc2)cc1. The Morgan fingerprint density at radius 3 is 1.84 bits per heavy atom. The molecule has 0 radical (unpaired) electrons. The van der Waals surface area contributed by atoms with Crippen molar-refractivity contribution in [3.8, 4) is 11.1 Å². The van der Waals surface area contributed by atoms with Gasteiger partial charge in [0, 0.05) is 6.92 Å². The Labute approximate surface area is 187 Å². The van der Waals surface area contributed by atoms with Crippen LogP contribution in [-0.4, -0.2) is 18.5 Å². The molecule has 0 N–H and O–H groups in total. The van der Waals surface area contributed by atoms with E-state index in [9.17, 15) is 9.59 Å². The molecule has 0 saturated heterocycles. The van der Waals surface area contributed by atoms with Crippen molar-refractivity contribution in [2.45, 2.75) is 78.2 Å². The molecule has 1 atom stereocenters. The molecule has 0 aliphatic rings. The lowest BCUT2D eigenvalue weighted by Crippen LogP contribution is -2.06. The Hall–Kier alpha value is -2.62. The van der Waals surface area contributed by atoms with Gasteiger partial charge in [-0.25, -0.2) is 4.79 Å². The maximum Gasteiger partial charge on any atom is 0.338 e. The molecule has 2 aromatic rings. The molecule has 0 aliphatic carbocycles. The average molecular weight is 425 g/mol. The van der Waals surface area contributed by atoms with Crippen LogP contribution in [0.4, 0.5) is 0 Å². The van der Waals surface area contributed by atoms with Crippen molar-refractivity contribution in [3.05, 3.63) is 59.7 Å². The molecule has 2 aromatic carbocycles. The Bertz CT molecular complexity index is 793. The van der Waals surface area contributed by atoms with Gasteiger partial charge in [-0.1, -0.05) is 88.3 Å². The topological polar surface area (TPSA) is 52.6 Å². The summed E-state index contributed by atoms with van der Waals surface area (Å²) in [7, 11) is 0.